The summed E-state index contributed by atoms with van der Waals surface area (Å²) in [6.07, 6.45) is 1.73. The molecular weight excluding hydrogens is 330 g/mol. The van der Waals surface area contributed by atoms with E-state index >= 15 is 0 Å². The first-order valence-electron chi connectivity index (χ1n) is 8.66. The van der Waals surface area contributed by atoms with Crippen LogP contribution in [0.3, 0.4) is 0 Å². The SMILES string of the molecule is CC1(C)N=C(c2ccc3ncccc3c2)c2c(F)ccc(F)c2C1(C)C. The molecule has 1 aromatic heterocycles. The monoisotopic (exact) mass is 350 g/mol. The third-order valence-electron chi connectivity index (χ3n) is 5.76. The number of benzene rings is 2. The smallest absolute Gasteiger partial charge is 0.133 e. The van der Waals surface area contributed by atoms with Crippen LogP contribution in [0.5, 0.6) is 0 Å². The van der Waals surface area contributed by atoms with E-state index in [1.54, 1.807) is 6.20 Å². The molecule has 132 valence electrons. The van der Waals surface area contributed by atoms with Gasteiger partial charge >= 0.3 is 0 Å². The van der Waals surface area contributed by atoms with Crippen molar-refractivity contribution in [2.45, 2.75) is 38.6 Å². The van der Waals surface area contributed by atoms with Crippen molar-refractivity contribution in [2.24, 2.45) is 4.99 Å². The van der Waals surface area contributed by atoms with E-state index in [9.17, 15) is 8.78 Å². The van der Waals surface area contributed by atoms with Crippen molar-refractivity contribution >= 4 is 16.6 Å². The summed E-state index contributed by atoms with van der Waals surface area (Å²) in [5.74, 6) is -0.843. The molecule has 0 spiro atoms. The maximum Gasteiger partial charge on any atom is 0.133 e. The van der Waals surface area contributed by atoms with Crippen LogP contribution in [-0.4, -0.2) is 16.2 Å². The first-order valence-corrected chi connectivity index (χ1v) is 8.66. The van der Waals surface area contributed by atoms with Crippen molar-refractivity contribution in [2.75, 3.05) is 0 Å². The zero-order valence-corrected chi connectivity index (χ0v) is 15.3. The van der Waals surface area contributed by atoms with Crippen LogP contribution in [0.2, 0.25) is 0 Å². The number of nitrogens with zero attached hydrogens (tertiary/aromatic N) is 2. The van der Waals surface area contributed by atoms with Gasteiger partial charge < -0.3 is 0 Å². The van der Waals surface area contributed by atoms with Gasteiger partial charge in [-0.3, -0.25) is 9.98 Å². The van der Waals surface area contributed by atoms with Gasteiger partial charge in [0.15, 0.2) is 0 Å². The molecule has 0 radical (unpaired) electrons. The second-order valence-corrected chi connectivity index (χ2v) is 7.83. The van der Waals surface area contributed by atoms with Crippen LogP contribution in [0.1, 0.15) is 44.4 Å². The van der Waals surface area contributed by atoms with Gasteiger partial charge in [0.05, 0.1) is 16.8 Å². The van der Waals surface area contributed by atoms with Gasteiger partial charge in [-0.25, -0.2) is 8.78 Å². The van der Waals surface area contributed by atoms with E-state index in [-0.39, 0.29) is 5.56 Å². The Kier molecular flexibility index (Phi) is 3.52. The molecule has 1 aliphatic heterocycles. The largest absolute Gasteiger partial charge is 0.277 e. The lowest BCUT2D eigenvalue weighted by atomic mass is 9.65. The predicted molar refractivity (Wildman–Crippen MR) is 101 cm³/mol. The zero-order valence-electron chi connectivity index (χ0n) is 15.3. The molecule has 0 saturated heterocycles. The van der Waals surface area contributed by atoms with Gasteiger partial charge in [-0.15, -0.1) is 0 Å². The average molecular weight is 350 g/mol. The first-order chi connectivity index (χ1) is 12.2. The predicted octanol–water partition coefficient (Wildman–Crippen LogP) is 5.42. The van der Waals surface area contributed by atoms with Gasteiger partial charge in [-0.1, -0.05) is 26.0 Å². The molecule has 0 aliphatic carbocycles. The Morgan fingerprint density at radius 3 is 2.38 bits per heavy atom. The molecule has 3 aromatic rings. The molecule has 2 aromatic carbocycles. The summed E-state index contributed by atoms with van der Waals surface area (Å²) in [5, 5.41) is 0.939. The molecule has 0 amide bonds. The van der Waals surface area contributed by atoms with Crippen LogP contribution in [0.15, 0.2) is 53.7 Å². The Bertz CT molecular complexity index is 1060. The minimum atomic E-state index is -0.642. The topological polar surface area (TPSA) is 25.2 Å². The highest BCUT2D eigenvalue weighted by molar-refractivity contribution is 6.16. The van der Waals surface area contributed by atoms with Crippen LogP contribution in [0.4, 0.5) is 8.78 Å². The molecule has 0 bridgehead atoms. The van der Waals surface area contributed by atoms with Gasteiger partial charge in [-0.2, -0.15) is 0 Å². The summed E-state index contributed by atoms with van der Waals surface area (Å²) in [7, 11) is 0. The third-order valence-corrected chi connectivity index (χ3v) is 5.76. The van der Waals surface area contributed by atoms with E-state index in [4.69, 9.17) is 4.99 Å². The van der Waals surface area contributed by atoms with Crippen molar-refractivity contribution in [3.63, 3.8) is 0 Å². The number of hydrogen-bond donors (Lipinski definition) is 0. The van der Waals surface area contributed by atoms with E-state index in [0.717, 1.165) is 16.5 Å². The van der Waals surface area contributed by atoms with E-state index < -0.39 is 22.6 Å². The molecule has 2 nitrogen and oxygen atoms in total. The summed E-state index contributed by atoms with van der Waals surface area (Å²) in [4.78, 5) is 9.20. The van der Waals surface area contributed by atoms with Crippen molar-refractivity contribution in [1.82, 2.24) is 4.98 Å². The van der Waals surface area contributed by atoms with Crippen molar-refractivity contribution in [3.8, 4) is 0 Å². The van der Waals surface area contributed by atoms with Crippen LogP contribution in [0.25, 0.3) is 10.9 Å². The van der Waals surface area contributed by atoms with Crippen LogP contribution in [-0.2, 0) is 5.41 Å². The van der Waals surface area contributed by atoms with Gasteiger partial charge in [0, 0.05) is 33.7 Å². The number of hydrogen-bond acceptors (Lipinski definition) is 2. The molecule has 2 heterocycles. The molecule has 26 heavy (non-hydrogen) atoms. The molecule has 4 rings (SSSR count). The highest BCUT2D eigenvalue weighted by atomic mass is 19.1. The highest BCUT2D eigenvalue weighted by Crippen LogP contribution is 2.45. The number of aromatic nitrogens is 1. The number of aliphatic imine (C=N–C) groups is 1. The average Bonchev–Trinajstić information content (AvgIpc) is 2.60. The normalized spacial score (nSPS) is 17.7. The van der Waals surface area contributed by atoms with Gasteiger partial charge in [0.25, 0.3) is 0 Å². The maximum absolute atomic E-state index is 14.8. The molecule has 0 fully saturated rings. The van der Waals surface area contributed by atoms with Crippen molar-refractivity contribution < 1.29 is 8.78 Å². The Labute approximate surface area is 151 Å². The van der Waals surface area contributed by atoms with Crippen molar-refractivity contribution in [1.29, 1.82) is 0 Å². The maximum atomic E-state index is 14.8. The summed E-state index contributed by atoms with van der Waals surface area (Å²) in [6, 6.07) is 11.9. The molecule has 0 unspecified atom stereocenters. The number of halogens is 2. The van der Waals surface area contributed by atoms with Crippen LogP contribution in [0, 0.1) is 11.6 Å². The van der Waals surface area contributed by atoms with Crippen LogP contribution < -0.4 is 0 Å². The molecular formula is C22H20F2N2. The fourth-order valence-corrected chi connectivity index (χ4v) is 3.61. The van der Waals surface area contributed by atoms with Gasteiger partial charge in [0.2, 0.25) is 0 Å². The van der Waals surface area contributed by atoms with Crippen LogP contribution >= 0.6 is 0 Å². The number of rotatable bonds is 1. The summed E-state index contributed by atoms with van der Waals surface area (Å²) < 4.78 is 29.6. The van der Waals surface area contributed by atoms with E-state index in [2.05, 4.69) is 4.98 Å². The molecule has 0 saturated carbocycles. The van der Waals surface area contributed by atoms with E-state index in [0.29, 0.717) is 11.3 Å². The highest BCUT2D eigenvalue weighted by Gasteiger charge is 2.46. The Balaban J connectivity index is 2.05. The fourth-order valence-electron chi connectivity index (χ4n) is 3.61. The molecule has 0 N–H and O–H groups in total. The molecule has 4 heteroatoms. The lowest BCUT2D eigenvalue weighted by molar-refractivity contribution is 0.292. The van der Waals surface area contributed by atoms with Crippen molar-refractivity contribution in [3.05, 3.63) is 77.0 Å². The second-order valence-electron chi connectivity index (χ2n) is 7.83. The minimum Gasteiger partial charge on any atom is -0.277 e. The number of pyridine rings is 1. The summed E-state index contributed by atoms with van der Waals surface area (Å²) in [6.45, 7) is 7.75. The van der Waals surface area contributed by atoms with Gasteiger partial charge in [-0.05, 0) is 44.2 Å². The van der Waals surface area contributed by atoms with E-state index in [1.165, 1.54) is 12.1 Å². The quantitative estimate of drug-likeness (QED) is 0.575. The zero-order chi connectivity index (χ0) is 18.7. The Hall–Kier alpha value is -2.62. The molecule has 0 atom stereocenters. The fraction of sp³-hybridized carbons (Fsp3) is 0.273. The Morgan fingerprint density at radius 2 is 1.62 bits per heavy atom. The van der Waals surface area contributed by atoms with Gasteiger partial charge in [0.1, 0.15) is 11.6 Å². The lowest BCUT2D eigenvalue weighted by Crippen LogP contribution is -2.47. The first kappa shape index (κ1) is 16.8. The molecule has 1 aliphatic rings. The second kappa shape index (κ2) is 5.44. The summed E-state index contributed by atoms with van der Waals surface area (Å²) >= 11 is 0. The lowest BCUT2D eigenvalue weighted by Gasteiger charge is -2.44. The number of fused-ring (bicyclic) bond motifs is 2. The van der Waals surface area contributed by atoms with E-state index in [1.807, 2.05) is 58.0 Å². The standard InChI is InChI=1S/C22H20F2N2/c1-21(2)19-16(24)9-8-15(23)18(19)20(26-22(21,3)4)14-7-10-17-13(12-14)6-5-11-25-17/h5-12H,1-4H3. The minimum absolute atomic E-state index is 0.262. The third kappa shape index (κ3) is 2.28. The summed E-state index contributed by atoms with van der Waals surface area (Å²) in [5.41, 5.74) is 1.53. The Morgan fingerprint density at radius 1 is 0.885 bits per heavy atom.